The van der Waals surface area contributed by atoms with Crippen LogP contribution < -0.4 is 20.7 Å². The van der Waals surface area contributed by atoms with Gasteiger partial charge in [0, 0.05) is 22.5 Å². The van der Waals surface area contributed by atoms with Crippen LogP contribution >= 0.6 is 12.2 Å². The summed E-state index contributed by atoms with van der Waals surface area (Å²) in [7, 11) is 0. The van der Waals surface area contributed by atoms with E-state index in [2.05, 4.69) is 16.0 Å². The number of carbonyl (C=O) groups excluding carboxylic acids is 2. The first kappa shape index (κ1) is 21.0. The number of anilines is 2. The third kappa shape index (κ3) is 5.89. The van der Waals surface area contributed by atoms with Gasteiger partial charge >= 0.3 is 0 Å². The average molecular weight is 420 g/mol. The van der Waals surface area contributed by atoms with E-state index in [0.29, 0.717) is 34.9 Å². The first-order valence-corrected chi connectivity index (χ1v) is 9.77. The van der Waals surface area contributed by atoms with E-state index in [4.69, 9.17) is 17.0 Å². The summed E-state index contributed by atoms with van der Waals surface area (Å²) in [5, 5.41) is 8.57. The molecule has 3 rings (SSSR count). The Kier molecular flexibility index (Phi) is 7.13. The molecule has 7 heteroatoms. The van der Waals surface area contributed by atoms with Crippen LogP contribution in [0.1, 0.15) is 27.6 Å². The Hall–Kier alpha value is -3.71. The lowest BCUT2D eigenvalue weighted by Crippen LogP contribution is -2.34. The van der Waals surface area contributed by atoms with E-state index in [9.17, 15) is 9.59 Å². The number of carbonyl (C=O) groups is 2. The molecule has 0 aliphatic carbocycles. The zero-order chi connectivity index (χ0) is 21.3. The molecule has 6 nitrogen and oxygen atoms in total. The Morgan fingerprint density at radius 3 is 2.20 bits per heavy atom. The van der Waals surface area contributed by atoms with Crippen LogP contribution in [0.25, 0.3) is 0 Å². The zero-order valence-corrected chi connectivity index (χ0v) is 17.2. The summed E-state index contributed by atoms with van der Waals surface area (Å²) in [6, 6.07) is 22.9. The van der Waals surface area contributed by atoms with E-state index < -0.39 is 0 Å². The SMILES string of the molecule is CCOc1cccc(C(=O)NC(=S)Nc2cccc(NC(=O)c3ccccc3)c2)c1. The number of ether oxygens (including phenoxy) is 1. The van der Waals surface area contributed by atoms with Crippen molar-refractivity contribution in [3.05, 3.63) is 90.0 Å². The Bertz CT molecular complexity index is 1050. The molecular formula is C23H21N3O3S. The lowest BCUT2D eigenvalue weighted by molar-refractivity contribution is 0.0976. The summed E-state index contributed by atoms with van der Waals surface area (Å²) in [5.74, 6) is 0.0614. The molecule has 0 aliphatic heterocycles. The molecule has 2 amide bonds. The minimum Gasteiger partial charge on any atom is -0.494 e. The summed E-state index contributed by atoms with van der Waals surface area (Å²) in [5.41, 5.74) is 2.24. The monoisotopic (exact) mass is 419 g/mol. The van der Waals surface area contributed by atoms with Gasteiger partial charge in [-0.1, -0.05) is 30.3 Å². The van der Waals surface area contributed by atoms with Crippen molar-refractivity contribution >= 4 is 40.5 Å². The molecule has 0 saturated carbocycles. The summed E-state index contributed by atoms with van der Waals surface area (Å²) in [6.07, 6.45) is 0. The molecule has 0 atom stereocenters. The molecule has 0 heterocycles. The van der Waals surface area contributed by atoms with E-state index in [0.717, 1.165) is 0 Å². The van der Waals surface area contributed by atoms with E-state index in [-0.39, 0.29) is 16.9 Å². The van der Waals surface area contributed by atoms with Gasteiger partial charge < -0.3 is 15.4 Å². The largest absolute Gasteiger partial charge is 0.494 e. The van der Waals surface area contributed by atoms with Gasteiger partial charge in [-0.2, -0.15) is 0 Å². The van der Waals surface area contributed by atoms with Crippen LogP contribution in [0.4, 0.5) is 11.4 Å². The van der Waals surface area contributed by atoms with E-state index in [1.807, 2.05) is 13.0 Å². The van der Waals surface area contributed by atoms with Crippen molar-refractivity contribution in [1.29, 1.82) is 0 Å². The first-order chi connectivity index (χ1) is 14.5. The predicted molar refractivity (Wildman–Crippen MR) is 122 cm³/mol. The molecule has 0 fully saturated rings. The summed E-state index contributed by atoms with van der Waals surface area (Å²) in [4.78, 5) is 24.7. The van der Waals surface area contributed by atoms with Crippen LogP contribution in [0.3, 0.4) is 0 Å². The molecule has 152 valence electrons. The maximum Gasteiger partial charge on any atom is 0.257 e. The van der Waals surface area contributed by atoms with Crippen molar-refractivity contribution in [2.75, 3.05) is 17.2 Å². The molecule has 3 aromatic rings. The smallest absolute Gasteiger partial charge is 0.257 e. The normalized spacial score (nSPS) is 10.0. The van der Waals surface area contributed by atoms with Crippen molar-refractivity contribution in [2.45, 2.75) is 6.92 Å². The summed E-state index contributed by atoms with van der Waals surface area (Å²) >= 11 is 5.24. The fourth-order valence-corrected chi connectivity index (χ4v) is 2.91. The first-order valence-electron chi connectivity index (χ1n) is 9.37. The number of hydrogen-bond donors (Lipinski definition) is 3. The number of hydrogen-bond acceptors (Lipinski definition) is 4. The molecule has 0 aromatic heterocycles. The standard InChI is InChI=1S/C23H21N3O3S/c1-2-29-20-13-6-10-17(14-20)22(28)26-23(30)25-19-12-7-11-18(15-19)24-21(27)16-8-4-3-5-9-16/h3-15H,2H2,1H3,(H,24,27)(H2,25,26,28,30). The van der Waals surface area contributed by atoms with Crippen molar-refractivity contribution in [3.63, 3.8) is 0 Å². The second-order valence-corrected chi connectivity index (χ2v) is 6.68. The maximum atomic E-state index is 12.4. The average Bonchev–Trinajstić information content (AvgIpc) is 2.75. The van der Waals surface area contributed by atoms with Crippen molar-refractivity contribution in [1.82, 2.24) is 5.32 Å². The lowest BCUT2D eigenvalue weighted by atomic mass is 10.2. The second-order valence-electron chi connectivity index (χ2n) is 6.27. The van der Waals surface area contributed by atoms with Crippen LogP contribution in [0.15, 0.2) is 78.9 Å². The van der Waals surface area contributed by atoms with Gasteiger partial charge in [0.15, 0.2) is 5.11 Å². The van der Waals surface area contributed by atoms with Crippen molar-refractivity contribution in [3.8, 4) is 5.75 Å². The highest BCUT2D eigenvalue weighted by Crippen LogP contribution is 2.17. The molecule has 0 bridgehead atoms. The Morgan fingerprint density at radius 2 is 1.47 bits per heavy atom. The van der Waals surface area contributed by atoms with E-state index in [1.54, 1.807) is 72.8 Å². The van der Waals surface area contributed by atoms with Gasteiger partial charge in [0.25, 0.3) is 11.8 Å². The molecule has 0 radical (unpaired) electrons. The zero-order valence-electron chi connectivity index (χ0n) is 16.3. The lowest BCUT2D eigenvalue weighted by Gasteiger charge is -2.12. The van der Waals surface area contributed by atoms with Crippen molar-refractivity contribution in [2.24, 2.45) is 0 Å². The Morgan fingerprint density at radius 1 is 0.800 bits per heavy atom. The molecule has 3 aromatic carbocycles. The van der Waals surface area contributed by atoms with Gasteiger partial charge in [-0.05, 0) is 67.7 Å². The van der Waals surface area contributed by atoms with Crippen LogP contribution in [0, 0.1) is 0 Å². The van der Waals surface area contributed by atoms with Gasteiger partial charge in [-0.3, -0.25) is 14.9 Å². The highest BCUT2D eigenvalue weighted by Gasteiger charge is 2.10. The molecule has 0 saturated heterocycles. The fraction of sp³-hybridized carbons (Fsp3) is 0.0870. The fourth-order valence-electron chi connectivity index (χ4n) is 2.70. The molecular weight excluding hydrogens is 398 g/mol. The summed E-state index contributed by atoms with van der Waals surface area (Å²) < 4.78 is 5.41. The van der Waals surface area contributed by atoms with Crippen LogP contribution in [0.2, 0.25) is 0 Å². The Balaban J connectivity index is 1.60. The highest BCUT2D eigenvalue weighted by molar-refractivity contribution is 7.80. The minimum atomic E-state index is -0.345. The van der Waals surface area contributed by atoms with Gasteiger partial charge in [0.05, 0.1) is 6.61 Å². The van der Waals surface area contributed by atoms with Gasteiger partial charge in [0.1, 0.15) is 5.75 Å². The predicted octanol–water partition coefficient (Wildman–Crippen LogP) is 4.46. The van der Waals surface area contributed by atoms with Crippen LogP contribution in [-0.4, -0.2) is 23.5 Å². The number of nitrogens with one attached hydrogen (secondary N) is 3. The number of benzene rings is 3. The van der Waals surface area contributed by atoms with Gasteiger partial charge in [-0.15, -0.1) is 0 Å². The summed E-state index contributed by atoms with van der Waals surface area (Å²) in [6.45, 7) is 2.39. The van der Waals surface area contributed by atoms with E-state index in [1.165, 1.54) is 0 Å². The molecule has 0 unspecified atom stereocenters. The number of amides is 2. The number of rotatable bonds is 6. The van der Waals surface area contributed by atoms with Gasteiger partial charge in [-0.25, -0.2) is 0 Å². The van der Waals surface area contributed by atoms with Crippen LogP contribution in [-0.2, 0) is 0 Å². The highest BCUT2D eigenvalue weighted by atomic mass is 32.1. The molecule has 0 spiro atoms. The molecule has 30 heavy (non-hydrogen) atoms. The topological polar surface area (TPSA) is 79.5 Å². The number of thiocarbonyl (C=S) groups is 1. The van der Waals surface area contributed by atoms with E-state index >= 15 is 0 Å². The van der Waals surface area contributed by atoms with Gasteiger partial charge in [0.2, 0.25) is 0 Å². The van der Waals surface area contributed by atoms with Crippen LogP contribution in [0.5, 0.6) is 5.75 Å². The van der Waals surface area contributed by atoms with Crippen molar-refractivity contribution < 1.29 is 14.3 Å². The maximum absolute atomic E-state index is 12.4. The second kappa shape index (κ2) is 10.2. The third-order valence-corrected chi connectivity index (χ3v) is 4.25. The molecule has 0 aliphatic rings. The molecule has 3 N–H and O–H groups in total. The third-order valence-electron chi connectivity index (χ3n) is 4.05. The quantitative estimate of drug-likeness (QED) is 0.514. The Labute approximate surface area is 180 Å². The minimum absolute atomic E-state index is 0.147.